The molecule has 0 aromatic heterocycles. The van der Waals surface area contributed by atoms with Crippen LogP contribution in [0.3, 0.4) is 0 Å². The van der Waals surface area contributed by atoms with Crippen molar-refractivity contribution in [3.63, 3.8) is 0 Å². The molecular weight excluding hydrogens is 288 g/mol. The molecule has 0 aliphatic carbocycles. The Morgan fingerprint density at radius 2 is 1.95 bits per heavy atom. The number of rotatable bonds is 2. The van der Waals surface area contributed by atoms with E-state index >= 15 is 0 Å². The molecule has 1 unspecified atom stereocenters. The zero-order chi connectivity index (χ0) is 14.1. The van der Waals surface area contributed by atoms with E-state index in [4.69, 9.17) is 11.6 Å². The van der Waals surface area contributed by atoms with Crippen LogP contribution in [0.2, 0.25) is 5.02 Å². The maximum absolute atomic E-state index is 11.8. The molecule has 19 heavy (non-hydrogen) atoms. The van der Waals surface area contributed by atoms with Gasteiger partial charge in [-0.05, 0) is 37.6 Å². The van der Waals surface area contributed by atoms with Gasteiger partial charge in [0.2, 0.25) is 0 Å². The van der Waals surface area contributed by atoms with Crippen LogP contribution in [-0.4, -0.2) is 31.5 Å². The fourth-order valence-corrected chi connectivity index (χ4v) is 4.30. The highest BCUT2D eigenvalue weighted by Crippen LogP contribution is 2.23. The van der Waals surface area contributed by atoms with Gasteiger partial charge in [0.05, 0.1) is 17.0 Å². The first-order valence-electron chi connectivity index (χ1n) is 5.83. The summed E-state index contributed by atoms with van der Waals surface area (Å²) in [5.41, 5.74) is -0.0960. The van der Waals surface area contributed by atoms with Gasteiger partial charge in [0.15, 0.2) is 9.84 Å². The third kappa shape index (κ3) is 3.84. The van der Waals surface area contributed by atoms with Crippen LogP contribution in [0, 0.1) is 0 Å². The number of urea groups is 1. The summed E-state index contributed by atoms with van der Waals surface area (Å²) in [5, 5.41) is 5.94. The van der Waals surface area contributed by atoms with Crippen LogP contribution in [0.5, 0.6) is 0 Å². The molecule has 0 bridgehead atoms. The van der Waals surface area contributed by atoms with Crippen LogP contribution in [0.4, 0.5) is 10.5 Å². The van der Waals surface area contributed by atoms with E-state index in [0.29, 0.717) is 17.1 Å². The van der Waals surface area contributed by atoms with E-state index < -0.39 is 21.4 Å². The van der Waals surface area contributed by atoms with Gasteiger partial charge in [-0.2, -0.15) is 0 Å². The SMILES string of the molecule is CC1(NC(=O)Nc2ccc(Cl)cc2)CCS(=O)(=O)C1. The number of nitrogens with one attached hydrogen (secondary N) is 2. The van der Waals surface area contributed by atoms with Crippen LogP contribution < -0.4 is 10.6 Å². The molecule has 0 radical (unpaired) electrons. The minimum absolute atomic E-state index is 0.0198. The van der Waals surface area contributed by atoms with Crippen LogP contribution in [0.1, 0.15) is 13.3 Å². The third-order valence-corrected chi connectivity index (χ3v) is 5.18. The quantitative estimate of drug-likeness (QED) is 0.878. The topological polar surface area (TPSA) is 75.3 Å². The fourth-order valence-electron chi connectivity index (χ4n) is 2.08. The second-order valence-electron chi connectivity index (χ2n) is 4.99. The van der Waals surface area contributed by atoms with Crippen LogP contribution in [0.15, 0.2) is 24.3 Å². The number of sulfone groups is 1. The summed E-state index contributed by atoms with van der Waals surface area (Å²) >= 11 is 5.74. The first-order chi connectivity index (χ1) is 8.78. The summed E-state index contributed by atoms with van der Waals surface area (Å²) in [6, 6.07) is 6.27. The molecule has 2 amide bonds. The predicted octanol–water partition coefficient (Wildman–Crippen LogP) is 2.04. The third-order valence-electron chi connectivity index (χ3n) is 3.02. The maximum atomic E-state index is 11.8. The summed E-state index contributed by atoms with van der Waals surface area (Å²) in [4.78, 5) is 11.8. The van der Waals surface area contributed by atoms with Crippen LogP contribution >= 0.6 is 11.6 Å². The van der Waals surface area contributed by atoms with E-state index in [1.807, 2.05) is 0 Å². The van der Waals surface area contributed by atoms with Crippen molar-refractivity contribution in [3.05, 3.63) is 29.3 Å². The van der Waals surface area contributed by atoms with Crippen molar-refractivity contribution in [1.82, 2.24) is 5.32 Å². The summed E-state index contributed by atoms with van der Waals surface area (Å²) in [5.74, 6) is 0.0960. The Labute approximate surface area is 117 Å². The minimum atomic E-state index is -3.04. The lowest BCUT2D eigenvalue weighted by Crippen LogP contribution is -2.48. The molecule has 104 valence electrons. The second-order valence-corrected chi connectivity index (χ2v) is 7.61. The molecule has 1 atom stereocenters. The van der Waals surface area contributed by atoms with Gasteiger partial charge in [-0.3, -0.25) is 0 Å². The highest BCUT2D eigenvalue weighted by molar-refractivity contribution is 7.91. The van der Waals surface area contributed by atoms with E-state index in [1.54, 1.807) is 31.2 Å². The smallest absolute Gasteiger partial charge is 0.319 e. The molecule has 0 spiro atoms. The van der Waals surface area contributed by atoms with E-state index in [9.17, 15) is 13.2 Å². The molecular formula is C12H15ClN2O3S. The Hall–Kier alpha value is -1.27. The number of hydrogen-bond acceptors (Lipinski definition) is 3. The number of hydrogen-bond donors (Lipinski definition) is 2. The lowest BCUT2D eigenvalue weighted by molar-refractivity contribution is 0.242. The monoisotopic (exact) mass is 302 g/mol. The zero-order valence-electron chi connectivity index (χ0n) is 10.4. The predicted molar refractivity (Wildman–Crippen MR) is 75.3 cm³/mol. The van der Waals surface area contributed by atoms with Gasteiger partial charge in [-0.15, -0.1) is 0 Å². The van der Waals surface area contributed by atoms with Crippen molar-refractivity contribution in [2.75, 3.05) is 16.8 Å². The molecule has 1 fully saturated rings. The van der Waals surface area contributed by atoms with Crippen molar-refractivity contribution < 1.29 is 13.2 Å². The number of halogens is 1. The Balaban J connectivity index is 1.97. The lowest BCUT2D eigenvalue weighted by Gasteiger charge is -2.24. The number of benzene rings is 1. The first-order valence-corrected chi connectivity index (χ1v) is 8.03. The van der Waals surface area contributed by atoms with E-state index in [-0.39, 0.29) is 11.5 Å². The van der Waals surface area contributed by atoms with Gasteiger partial charge in [0.1, 0.15) is 0 Å². The van der Waals surface area contributed by atoms with Gasteiger partial charge in [0.25, 0.3) is 0 Å². The van der Waals surface area contributed by atoms with Crippen molar-refractivity contribution in [2.24, 2.45) is 0 Å². The molecule has 7 heteroatoms. The first kappa shape index (κ1) is 14.1. The maximum Gasteiger partial charge on any atom is 0.319 e. The van der Waals surface area contributed by atoms with E-state index in [1.165, 1.54) is 0 Å². The minimum Gasteiger partial charge on any atom is -0.332 e. The van der Waals surface area contributed by atoms with E-state index in [2.05, 4.69) is 10.6 Å². The van der Waals surface area contributed by atoms with Gasteiger partial charge < -0.3 is 10.6 Å². The molecule has 2 rings (SSSR count). The molecule has 2 N–H and O–H groups in total. The highest BCUT2D eigenvalue weighted by atomic mass is 35.5. The molecule has 5 nitrogen and oxygen atoms in total. The zero-order valence-corrected chi connectivity index (χ0v) is 12.0. The number of amides is 2. The van der Waals surface area contributed by atoms with Crippen molar-refractivity contribution >= 4 is 33.2 Å². The summed E-state index contributed by atoms with van der Waals surface area (Å²) in [6.45, 7) is 1.74. The summed E-state index contributed by atoms with van der Waals surface area (Å²) in [7, 11) is -3.04. The highest BCUT2D eigenvalue weighted by Gasteiger charge is 2.39. The Kier molecular flexibility index (Phi) is 3.73. The number of carbonyl (C=O) groups is 1. The average molecular weight is 303 g/mol. The molecule has 1 aliphatic rings. The summed E-state index contributed by atoms with van der Waals surface area (Å²) in [6.07, 6.45) is 0.434. The van der Waals surface area contributed by atoms with Crippen LogP contribution in [0.25, 0.3) is 0 Å². The standard InChI is InChI=1S/C12H15ClN2O3S/c1-12(6-7-19(17,18)8-12)15-11(16)14-10-4-2-9(13)3-5-10/h2-5H,6-8H2,1H3,(H2,14,15,16). The average Bonchev–Trinajstić information content (AvgIpc) is 2.56. The Bertz CT molecular complexity index is 585. The normalized spacial score (nSPS) is 24.9. The largest absolute Gasteiger partial charge is 0.332 e. The molecule has 1 saturated heterocycles. The molecule has 1 aliphatic heterocycles. The number of carbonyl (C=O) groups excluding carboxylic acids is 1. The summed E-state index contributed by atoms with van der Waals surface area (Å²) < 4.78 is 22.9. The van der Waals surface area contributed by atoms with Gasteiger partial charge in [-0.25, -0.2) is 13.2 Å². The Morgan fingerprint density at radius 1 is 1.32 bits per heavy atom. The van der Waals surface area contributed by atoms with Gasteiger partial charge in [-0.1, -0.05) is 11.6 Å². The van der Waals surface area contributed by atoms with Crippen molar-refractivity contribution in [1.29, 1.82) is 0 Å². The molecule has 1 heterocycles. The fraction of sp³-hybridized carbons (Fsp3) is 0.417. The van der Waals surface area contributed by atoms with Gasteiger partial charge in [0, 0.05) is 10.7 Å². The lowest BCUT2D eigenvalue weighted by atomic mass is 10.0. The molecule has 0 saturated carbocycles. The van der Waals surface area contributed by atoms with Gasteiger partial charge >= 0.3 is 6.03 Å². The van der Waals surface area contributed by atoms with Crippen molar-refractivity contribution in [3.8, 4) is 0 Å². The molecule has 1 aromatic rings. The molecule has 1 aromatic carbocycles. The van der Waals surface area contributed by atoms with Crippen LogP contribution in [-0.2, 0) is 9.84 Å². The van der Waals surface area contributed by atoms with E-state index in [0.717, 1.165) is 0 Å². The second kappa shape index (κ2) is 5.02. The number of anilines is 1. The Morgan fingerprint density at radius 3 is 2.47 bits per heavy atom. The van der Waals surface area contributed by atoms with Crippen molar-refractivity contribution in [2.45, 2.75) is 18.9 Å².